The molecule has 0 saturated heterocycles. The summed E-state index contributed by atoms with van der Waals surface area (Å²) in [4.78, 5) is 12.2. The number of benzene rings is 1. The molecule has 0 radical (unpaired) electrons. The van der Waals surface area contributed by atoms with E-state index in [0.29, 0.717) is 15.8 Å². The summed E-state index contributed by atoms with van der Waals surface area (Å²) in [6.45, 7) is 0. The summed E-state index contributed by atoms with van der Waals surface area (Å²) in [6.07, 6.45) is -0.0614. The summed E-state index contributed by atoms with van der Waals surface area (Å²) in [7, 11) is 1.35. The molecular weight excluding hydrogens is 343 g/mol. The highest BCUT2D eigenvalue weighted by Gasteiger charge is 2.25. The third kappa shape index (κ3) is 4.46. The largest absolute Gasteiger partial charge is 0.469 e. The molecular formula is C16H16Cl2O3S. The minimum atomic E-state index is -0.749. The standard InChI is InChI=1S/C16H16Cl2O3S/c1-21-15(19)8-5-12(10-3-2-4-11(17)9-10)16(20)13-6-7-14(18)22-13/h2-4,6-7,9,12,16,20H,5,8H2,1H3/t12-,16-/m1/s1. The van der Waals surface area contributed by atoms with E-state index in [1.165, 1.54) is 18.4 Å². The molecule has 1 N–H and O–H groups in total. The van der Waals surface area contributed by atoms with Gasteiger partial charge in [0.15, 0.2) is 0 Å². The Morgan fingerprint density at radius 3 is 2.68 bits per heavy atom. The van der Waals surface area contributed by atoms with Crippen molar-refractivity contribution in [3.63, 3.8) is 0 Å². The first-order valence-corrected chi connectivity index (χ1v) is 8.34. The van der Waals surface area contributed by atoms with Crippen LogP contribution in [0.15, 0.2) is 36.4 Å². The topological polar surface area (TPSA) is 46.5 Å². The Kier molecular flexibility index (Phi) is 6.26. The van der Waals surface area contributed by atoms with Crippen molar-refractivity contribution in [1.82, 2.24) is 0 Å². The zero-order valence-corrected chi connectivity index (χ0v) is 14.3. The van der Waals surface area contributed by atoms with Crippen LogP contribution in [0.2, 0.25) is 9.36 Å². The lowest BCUT2D eigenvalue weighted by Crippen LogP contribution is -2.12. The second-order valence-corrected chi connectivity index (χ2v) is 7.05. The maximum Gasteiger partial charge on any atom is 0.305 e. The first-order valence-electron chi connectivity index (χ1n) is 6.77. The molecule has 0 saturated carbocycles. The Morgan fingerprint density at radius 2 is 2.09 bits per heavy atom. The number of aliphatic hydroxyl groups excluding tert-OH is 1. The number of ether oxygens (including phenoxy) is 1. The van der Waals surface area contributed by atoms with Crippen LogP contribution in [0.25, 0.3) is 0 Å². The highest BCUT2D eigenvalue weighted by Crippen LogP contribution is 2.39. The normalized spacial score (nSPS) is 13.6. The van der Waals surface area contributed by atoms with E-state index < -0.39 is 6.10 Å². The van der Waals surface area contributed by atoms with Crippen molar-refractivity contribution in [1.29, 1.82) is 0 Å². The van der Waals surface area contributed by atoms with Gasteiger partial charge in [-0.3, -0.25) is 4.79 Å². The van der Waals surface area contributed by atoms with E-state index in [1.807, 2.05) is 18.2 Å². The molecule has 1 aromatic heterocycles. The predicted molar refractivity (Wildman–Crippen MR) is 89.7 cm³/mol. The minimum absolute atomic E-state index is 0.226. The predicted octanol–water partition coefficient (Wildman–Crippen LogP) is 4.83. The average molecular weight is 359 g/mol. The summed E-state index contributed by atoms with van der Waals surface area (Å²) in [5, 5.41) is 11.3. The van der Waals surface area contributed by atoms with E-state index in [9.17, 15) is 9.90 Å². The zero-order valence-electron chi connectivity index (χ0n) is 12.0. The van der Waals surface area contributed by atoms with Gasteiger partial charge in [-0.1, -0.05) is 35.3 Å². The number of aliphatic hydroxyl groups is 1. The lowest BCUT2D eigenvalue weighted by atomic mass is 9.88. The van der Waals surface area contributed by atoms with Gasteiger partial charge < -0.3 is 9.84 Å². The summed E-state index contributed by atoms with van der Waals surface area (Å²) in [5.41, 5.74) is 0.883. The van der Waals surface area contributed by atoms with Crippen LogP contribution in [0.5, 0.6) is 0 Å². The molecule has 118 valence electrons. The molecule has 0 aliphatic heterocycles. The van der Waals surface area contributed by atoms with E-state index in [-0.39, 0.29) is 18.3 Å². The summed E-state index contributed by atoms with van der Waals surface area (Å²) < 4.78 is 5.30. The number of halogens is 2. The van der Waals surface area contributed by atoms with Crippen molar-refractivity contribution in [2.45, 2.75) is 24.9 Å². The van der Waals surface area contributed by atoms with E-state index in [1.54, 1.807) is 18.2 Å². The van der Waals surface area contributed by atoms with E-state index in [4.69, 9.17) is 23.2 Å². The van der Waals surface area contributed by atoms with Gasteiger partial charge in [0.1, 0.15) is 0 Å². The molecule has 0 aliphatic rings. The number of rotatable bonds is 6. The van der Waals surface area contributed by atoms with Gasteiger partial charge in [0.25, 0.3) is 0 Å². The maximum absolute atomic E-state index is 11.4. The molecule has 0 aliphatic carbocycles. The van der Waals surface area contributed by atoms with E-state index in [0.717, 1.165) is 10.4 Å². The number of esters is 1. The molecule has 3 nitrogen and oxygen atoms in total. The molecule has 2 rings (SSSR count). The van der Waals surface area contributed by atoms with Crippen molar-refractivity contribution in [2.24, 2.45) is 0 Å². The van der Waals surface area contributed by atoms with Crippen LogP contribution >= 0.6 is 34.5 Å². The SMILES string of the molecule is COC(=O)CC[C@H](c1cccc(Cl)c1)[C@@H](O)c1ccc(Cl)s1. The number of carbonyl (C=O) groups is 1. The third-order valence-corrected chi connectivity index (χ3v) is 4.97. The monoisotopic (exact) mass is 358 g/mol. The summed E-state index contributed by atoms with van der Waals surface area (Å²) in [6, 6.07) is 10.9. The number of methoxy groups -OCH3 is 1. The zero-order chi connectivity index (χ0) is 16.1. The Morgan fingerprint density at radius 1 is 1.32 bits per heavy atom. The van der Waals surface area contributed by atoms with Gasteiger partial charge >= 0.3 is 5.97 Å². The van der Waals surface area contributed by atoms with Gasteiger partial charge in [0.2, 0.25) is 0 Å². The fourth-order valence-corrected chi connectivity index (χ4v) is 3.62. The van der Waals surface area contributed by atoms with Gasteiger partial charge in [-0.2, -0.15) is 0 Å². The van der Waals surface area contributed by atoms with Crippen molar-refractivity contribution in [3.05, 3.63) is 56.2 Å². The maximum atomic E-state index is 11.4. The van der Waals surface area contributed by atoms with Crippen molar-refractivity contribution in [3.8, 4) is 0 Å². The van der Waals surface area contributed by atoms with Crippen molar-refractivity contribution < 1.29 is 14.6 Å². The summed E-state index contributed by atoms with van der Waals surface area (Å²) >= 11 is 13.3. The van der Waals surface area contributed by atoms with Crippen molar-refractivity contribution >= 4 is 40.5 Å². The van der Waals surface area contributed by atoms with Crippen LogP contribution in [0, 0.1) is 0 Å². The molecule has 1 aromatic carbocycles. The van der Waals surface area contributed by atoms with Crippen LogP contribution in [0.3, 0.4) is 0 Å². The van der Waals surface area contributed by atoms with Gasteiger partial charge in [0, 0.05) is 22.2 Å². The average Bonchev–Trinajstić information content (AvgIpc) is 2.93. The quantitative estimate of drug-likeness (QED) is 0.752. The molecule has 2 atom stereocenters. The van der Waals surface area contributed by atoms with E-state index >= 15 is 0 Å². The van der Waals surface area contributed by atoms with Crippen LogP contribution in [-0.4, -0.2) is 18.2 Å². The molecule has 0 bridgehead atoms. The fraction of sp³-hybridized carbons (Fsp3) is 0.312. The second-order valence-electron chi connectivity index (χ2n) is 4.86. The van der Waals surface area contributed by atoms with Crippen LogP contribution < -0.4 is 0 Å². The Bertz CT molecular complexity index is 642. The summed E-state index contributed by atoms with van der Waals surface area (Å²) in [5.74, 6) is -0.559. The third-order valence-electron chi connectivity index (χ3n) is 3.43. The molecule has 22 heavy (non-hydrogen) atoms. The van der Waals surface area contributed by atoms with Crippen LogP contribution in [-0.2, 0) is 9.53 Å². The molecule has 2 aromatic rings. The van der Waals surface area contributed by atoms with Gasteiger partial charge in [0.05, 0.1) is 17.6 Å². The van der Waals surface area contributed by atoms with Crippen LogP contribution in [0.4, 0.5) is 0 Å². The highest BCUT2D eigenvalue weighted by atomic mass is 35.5. The van der Waals surface area contributed by atoms with Gasteiger partial charge in [-0.25, -0.2) is 0 Å². The lowest BCUT2D eigenvalue weighted by molar-refractivity contribution is -0.140. The molecule has 6 heteroatoms. The van der Waals surface area contributed by atoms with Gasteiger partial charge in [-0.05, 0) is 36.2 Å². The Hall–Kier alpha value is -1.07. The molecule has 0 spiro atoms. The van der Waals surface area contributed by atoms with Crippen LogP contribution in [0.1, 0.15) is 35.3 Å². The molecule has 0 amide bonds. The Labute approximate surface area is 143 Å². The van der Waals surface area contributed by atoms with Gasteiger partial charge in [-0.15, -0.1) is 11.3 Å². The highest BCUT2D eigenvalue weighted by molar-refractivity contribution is 7.16. The van der Waals surface area contributed by atoms with Crippen molar-refractivity contribution in [2.75, 3.05) is 7.11 Å². The first kappa shape index (κ1) is 17.3. The number of thiophene rings is 1. The minimum Gasteiger partial charge on any atom is -0.469 e. The molecule has 1 heterocycles. The fourth-order valence-electron chi connectivity index (χ4n) is 2.30. The molecule has 0 fully saturated rings. The lowest BCUT2D eigenvalue weighted by Gasteiger charge is -2.22. The molecule has 0 unspecified atom stereocenters. The Balaban J connectivity index is 2.26. The number of hydrogen-bond acceptors (Lipinski definition) is 4. The number of hydrogen-bond donors (Lipinski definition) is 1. The second kappa shape index (κ2) is 7.97. The van der Waals surface area contributed by atoms with E-state index in [2.05, 4.69) is 4.74 Å². The first-order chi connectivity index (χ1) is 10.5. The smallest absolute Gasteiger partial charge is 0.305 e. The number of carbonyl (C=O) groups excluding carboxylic acids is 1.